The first-order valence-corrected chi connectivity index (χ1v) is 8.57. The van der Waals surface area contributed by atoms with Crippen molar-refractivity contribution in [3.8, 4) is 0 Å². The number of nitrogens with zero attached hydrogens (tertiary/aromatic N) is 5. The smallest absolute Gasteiger partial charge is 0.194 e. The summed E-state index contributed by atoms with van der Waals surface area (Å²) in [7, 11) is 7.98. The molecule has 6 nitrogen and oxygen atoms in total. The number of halogens is 1. The topological polar surface area (TPSA) is 50.4 Å². The minimum atomic E-state index is 0. The fourth-order valence-corrected chi connectivity index (χ4v) is 3.12. The summed E-state index contributed by atoms with van der Waals surface area (Å²) in [6.45, 7) is 5.90. The van der Waals surface area contributed by atoms with Crippen LogP contribution in [0.3, 0.4) is 0 Å². The molecule has 2 aromatic rings. The average molecular weight is 458 g/mol. The zero-order valence-corrected chi connectivity index (χ0v) is 18.5. The molecule has 0 fully saturated rings. The summed E-state index contributed by atoms with van der Waals surface area (Å²) < 4.78 is 4.14. The second-order valence-corrected chi connectivity index (χ2v) is 6.07. The fourth-order valence-electron chi connectivity index (χ4n) is 3.12. The van der Waals surface area contributed by atoms with Gasteiger partial charge in [-0.25, -0.2) is 0 Å². The van der Waals surface area contributed by atoms with Gasteiger partial charge in [-0.05, 0) is 25.0 Å². The number of aromatic nitrogens is 3. The van der Waals surface area contributed by atoms with Gasteiger partial charge in [-0.15, -0.1) is 24.0 Å². The number of rotatable bonds is 6. The summed E-state index contributed by atoms with van der Waals surface area (Å²) in [5.74, 6) is 0.893. The minimum absolute atomic E-state index is 0. The minimum Gasteiger partial charge on any atom is -0.353 e. The molecule has 0 atom stereocenters. The van der Waals surface area contributed by atoms with E-state index >= 15 is 0 Å². The molecule has 0 aliphatic rings. The number of guanidine groups is 1. The van der Waals surface area contributed by atoms with E-state index in [9.17, 15) is 0 Å². The van der Waals surface area contributed by atoms with Gasteiger partial charge in [0, 0.05) is 57.9 Å². The van der Waals surface area contributed by atoms with Gasteiger partial charge in [0.2, 0.25) is 0 Å². The summed E-state index contributed by atoms with van der Waals surface area (Å²) in [5, 5.41) is 8.13. The number of hydrogen-bond acceptors (Lipinski definition) is 2. The highest BCUT2D eigenvalue weighted by Gasteiger charge is 2.15. The highest BCUT2D eigenvalue weighted by atomic mass is 127. The molecule has 0 aromatic carbocycles. The summed E-state index contributed by atoms with van der Waals surface area (Å²) in [4.78, 5) is 6.57. The number of aliphatic imine (C=N–C) groups is 1. The largest absolute Gasteiger partial charge is 0.353 e. The van der Waals surface area contributed by atoms with Crippen LogP contribution in [0.4, 0.5) is 0 Å². The Morgan fingerprint density at radius 3 is 2.52 bits per heavy atom. The summed E-state index contributed by atoms with van der Waals surface area (Å²) in [5.41, 5.74) is 5.02. The maximum Gasteiger partial charge on any atom is 0.194 e. The van der Waals surface area contributed by atoms with Crippen molar-refractivity contribution in [3.63, 3.8) is 0 Å². The molecule has 0 bridgehead atoms. The van der Waals surface area contributed by atoms with Crippen molar-refractivity contribution in [3.05, 3.63) is 41.0 Å². The zero-order valence-electron chi connectivity index (χ0n) is 16.2. The van der Waals surface area contributed by atoms with Crippen LogP contribution in [0, 0.1) is 0 Å². The van der Waals surface area contributed by atoms with Crippen molar-refractivity contribution in [2.45, 2.75) is 39.8 Å². The quantitative estimate of drug-likeness (QED) is 0.412. The summed E-state index contributed by atoms with van der Waals surface area (Å²) in [6.07, 6.45) is 4.00. The van der Waals surface area contributed by atoms with Gasteiger partial charge in [0.15, 0.2) is 5.96 Å². The molecule has 2 rings (SSSR count). The molecule has 0 aliphatic heterocycles. The van der Waals surface area contributed by atoms with Crippen molar-refractivity contribution in [2.24, 2.45) is 19.1 Å². The third-order valence-corrected chi connectivity index (χ3v) is 4.47. The molecule has 140 valence electrons. The standard InChI is InChI=1S/C18H30N6.HI/c1-7-16-15(17(8-2)24(6)21-16)12-20-18(19-3)23(5)13-14-10-9-11-22(14)4;/h9-11H,7-8,12-13H2,1-6H3,(H,19,20);1H. The molecule has 0 saturated carbocycles. The highest BCUT2D eigenvalue weighted by Crippen LogP contribution is 2.15. The SMILES string of the molecule is CCc1nn(C)c(CC)c1CNC(=NC)N(C)Cc1cccn1C.I. The molecule has 0 amide bonds. The van der Waals surface area contributed by atoms with E-state index in [-0.39, 0.29) is 24.0 Å². The monoisotopic (exact) mass is 458 g/mol. The Balaban J connectivity index is 0.00000312. The lowest BCUT2D eigenvalue weighted by atomic mass is 10.1. The molecule has 0 unspecified atom stereocenters. The van der Waals surface area contributed by atoms with E-state index in [4.69, 9.17) is 0 Å². The van der Waals surface area contributed by atoms with Gasteiger partial charge in [0.25, 0.3) is 0 Å². The fraction of sp³-hybridized carbons (Fsp3) is 0.556. The molecule has 0 radical (unpaired) electrons. The second kappa shape index (κ2) is 9.84. The first-order valence-electron chi connectivity index (χ1n) is 8.57. The molecule has 0 aliphatic carbocycles. The Morgan fingerprint density at radius 2 is 2.00 bits per heavy atom. The molecule has 2 heterocycles. The van der Waals surface area contributed by atoms with E-state index in [1.807, 2.05) is 18.8 Å². The van der Waals surface area contributed by atoms with Crippen LogP contribution < -0.4 is 5.32 Å². The lowest BCUT2D eigenvalue weighted by Gasteiger charge is -2.22. The van der Waals surface area contributed by atoms with E-state index in [1.54, 1.807) is 0 Å². The van der Waals surface area contributed by atoms with Crippen LogP contribution in [0.25, 0.3) is 0 Å². The van der Waals surface area contributed by atoms with Crippen LogP contribution in [0.15, 0.2) is 23.3 Å². The van der Waals surface area contributed by atoms with E-state index in [0.717, 1.165) is 31.9 Å². The van der Waals surface area contributed by atoms with Gasteiger partial charge < -0.3 is 14.8 Å². The predicted octanol–water partition coefficient (Wildman–Crippen LogP) is 2.71. The molecule has 25 heavy (non-hydrogen) atoms. The van der Waals surface area contributed by atoms with Gasteiger partial charge >= 0.3 is 0 Å². The first kappa shape index (κ1) is 21.5. The second-order valence-electron chi connectivity index (χ2n) is 6.07. The van der Waals surface area contributed by atoms with Crippen LogP contribution >= 0.6 is 24.0 Å². The van der Waals surface area contributed by atoms with Crippen molar-refractivity contribution in [2.75, 3.05) is 14.1 Å². The number of nitrogens with one attached hydrogen (secondary N) is 1. The Bertz CT molecular complexity index is 700. The lowest BCUT2D eigenvalue weighted by molar-refractivity contribution is 0.461. The van der Waals surface area contributed by atoms with Crippen LogP contribution in [0.5, 0.6) is 0 Å². The Morgan fingerprint density at radius 1 is 1.28 bits per heavy atom. The van der Waals surface area contributed by atoms with Crippen LogP contribution in [-0.4, -0.2) is 39.3 Å². The maximum absolute atomic E-state index is 4.64. The van der Waals surface area contributed by atoms with Crippen LogP contribution in [0.2, 0.25) is 0 Å². The Labute approximate surface area is 168 Å². The number of hydrogen-bond donors (Lipinski definition) is 1. The highest BCUT2D eigenvalue weighted by molar-refractivity contribution is 14.0. The lowest BCUT2D eigenvalue weighted by Crippen LogP contribution is -2.38. The van der Waals surface area contributed by atoms with E-state index < -0.39 is 0 Å². The van der Waals surface area contributed by atoms with Crippen LogP contribution in [-0.2, 0) is 40.0 Å². The predicted molar refractivity (Wildman–Crippen MR) is 114 cm³/mol. The van der Waals surface area contributed by atoms with Gasteiger partial charge in [-0.3, -0.25) is 9.67 Å². The summed E-state index contributed by atoms with van der Waals surface area (Å²) >= 11 is 0. The Kier molecular flexibility index (Phi) is 8.47. The molecule has 0 saturated heterocycles. The van der Waals surface area contributed by atoms with Crippen molar-refractivity contribution >= 4 is 29.9 Å². The average Bonchev–Trinajstić information content (AvgIpc) is 3.10. The molecule has 7 heteroatoms. The van der Waals surface area contributed by atoms with Gasteiger partial charge in [0.05, 0.1) is 12.2 Å². The molecular formula is C18H31IN6. The molecule has 1 N–H and O–H groups in total. The molecule has 2 aromatic heterocycles. The first-order chi connectivity index (χ1) is 11.5. The molecular weight excluding hydrogens is 427 g/mol. The molecule has 0 spiro atoms. The van der Waals surface area contributed by atoms with E-state index in [0.29, 0.717) is 0 Å². The maximum atomic E-state index is 4.64. The van der Waals surface area contributed by atoms with Crippen molar-refractivity contribution in [1.82, 2.24) is 24.6 Å². The Hall–Kier alpha value is -1.51. The van der Waals surface area contributed by atoms with Crippen molar-refractivity contribution < 1.29 is 0 Å². The van der Waals surface area contributed by atoms with Crippen molar-refractivity contribution in [1.29, 1.82) is 0 Å². The summed E-state index contributed by atoms with van der Waals surface area (Å²) in [6, 6.07) is 4.20. The van der Waals surface area contributed by atoms with Crippen LogP contribution in [0.1, 0.15) is 36.5 Å². The third-order valence-electron chi connectivity index (χ3n) is 4.47. The van der Waals surface area contributed by atoms with E-state index in [2.05, 4.69) is 71.1 Å². The van der Waals surface area contributed by atoms with Gasteiger partial charge in [-0.2, -0.15) is 5.10 Å². The number of aryl methyl sites for hydroxylation is 3. The van der Waals surface area contributed by atoms with Gasteiger partial charge in [-0.1, -0.05) is 13.8 Å². The van der Waals surface area contributed by atoms with Gasteiger partial charge in [0.1, 0.15) is 0 Å². The normalized spacial score (nSPS) is 11.4. The van der Waals surface area contributed by atoms with E-state index in [1.165, 1.54) is 22.6 Å². The zero-order chi connectivity index (χ0) is 17.7. The third kappa shape index (κ3) is 4.99.